The topological polar surface area (TPSA) is 142 Å². The Morgan fingerprint density at radius 2 is 1.87 bits per heavy atom. The number of rotatable bonds is 8. The third kappa shape index (κ3) is 6.07. The summed E-state index contributed by atoms with van der Waals surface area (Å²) in [5, 5.41) is 17.6. The number of hydrogen-bond donors (Lipinski definition) is 2. The zero-order valence-electron chi connectivity index (χ0n) is 24.4. The normalized spacial score (nSPS) is 21.7. The molecule has 6 heterocycles. The smallest absolute Gasteiger partial charge is 0.333 e. The summed E-state index contributed by atoms with van der Waals surface area (Å²) in [6, 6.07) is 5.40. The number of aromatic nitrogens is 5. The van der Waals surface area contributed by atoms with Crippen molar-refractivity contribution in [2.75, 3.05) is 19.6 Å². The van der Waals surface area contributed by atoms with Gasteiger partial charge in [0.2, 0.25) is 0 Å². The van der Waals surface area contributed by atoms with Gasteiger partial charge in [0.05, 0.1) is 5.69 Å². The number of alkyl halides is 2. The summed E-state index contributed by atoms with van der Waals surface area (Å²) in [6.07, 6.45) is 6.19. The van der Waals surface area contributed by atoms with E-state index >= 15 is 0 Å². The molecule has 3 aliphatic rings. The first-order valence-corrected chi connectivity index (χ1v) is 17.3. The van der Waals surface area contributed by atoms with Crippen molar-refractivity contribution in [3.8, 4) is 0 Å². The molecule has 0 bridgehead atoms. The van der Waals surface area contributed by atoms with Crippen molar-refractivity contribution in [2.24, 2.45) is 4.99 Å². The SMILES string of the molecule is O=S(=O)(N[C@H]1CC2=C(c3ccn(C(F)F)n3)[C@H](c3ccc(F)cc3Cl)N=C(c3nccs3)N2C1)N1CCC(O)(c2ncccn2)CC1. The Bertz CT molecular complexity index is 1950. The van der Waals surface area contributed by atoms with E-state index in [9.17, 15) is 26.7 Å². The average molecular weight is 706 g/mol. The lowest BCUT2D eigenvalue weighted by Gasteiger charge is -2.36. The summed E-state index contributed by atoms with van der Waals surface area (Å²) >= 11 is 7.84. The van der Waals surface area contributed by atoms with Crippen molar-refractivity contribution >= 4 is 44.6 Å². The van der Waals surface area contributed by atoms with E-state index in [0.717, 1.165) is 12.3 Å². The van der Waals surface area contributed by atoms with Crippen molar-refractivity contribution < 1.29 is 26.7 Å². The quantitative estimate of drug-likeness (QED) is 0.279. The number of fused-ring (bicyclic) bond motifs is 1. The molecule has 0 aliphatic carbocycles. The van der Waals surface area contributed by atoms with Gasteiger partial charge in [0.1, 0.15) is 17.5 Å². The summed E-state index contributed by atoms with van der Waals surface area (Å²) in [5.41, 5.74) is 0.295. The van der Waals surface area contributed by atoms with Crippen molar-refractivity contribution in [1.82, 2.24) is 38.7 Å². The van der Waals surface area contributed by atoms with Gasteiger partial charge >= 0.3 is 6.55 Å². The summed E-state index contributed by atoms with van der Waals surface area (Å²) in [4.78, 5) is 19.5. The van der Waals surface area contributed by atoms with Crippen LogP contribution in [0.25, 0.3) is 5.57 Å². The maximum atomic E-state index is 14.1. The number of amidine groups is 1. The largest absolute Gasteiger partial charge is 0.382 e. The second kappa shape index (κ2) is 12.4. The molecule has 4 aromatic rings. The minimum atomic E-state index is -4.03. The number of aliphatic imine (C=N–C) groups is 1. The number of nitrogens with zero attached hydrogens (tertiary/aromatic N) is 8. The first-order valence-electron chi connectivity index (χ1n) is 14.6. The molecular formula is C29H27ClF3N9O3S2. The highest BCUT2D eigenvalue weighted by molar-refractivity contribution is 7.87. The minimum absolute atomic E-state index is 0.0382. The predicted octanol–water partition coefficient (Wildman–Crippen LogP) is 4.12. The molecule has 2 fully saturated rings. The highest BCUT2D eigenvalue weighted by Gasteiger charge is 2.44. The third-order valence-electron chi connectivity index (χ3n) is 8.41. The van der Waals surface area contributed by atoms with Gasteiger partial charge in [-0.1, -0.05) is 17.7 Å². The monoisotopic (exact) mass is 705 g/mol. The highest BCUT2D eigenvalue weighted by atomic mass is 35.5. The van der Waals surface area contributed by atoms with E-state index in [4.69, 9.17) is 16.6 Å². The lowest BCUT2D eigenvalue weighted by Crippen LogP contribution is -2.52. The molecular weight excluding hydrogens is 679 g/mol. The molecule has 0 spiro atoms. The standard InChI is InChI=1S/C29H27ClF3N9O3S2/c30-20-14-17(31)2-3-19(20)24-23(21-4-10-42(38-21)28(32)33)22-15-18(16-41(22)25(37-24)26-34-9-13-46-26)39-47(44,45)40-11-5-29(43,6-12-40)27-35-7-1-8-36-27/h1-4,7-10,13-14,18,24,28,39,43H,5-6,11-12,15-16H2/t18-,24-/m0/s1. The van der Waals surface area contributed by atoms with Gasteiger partial charge in [-0.3, -0.25) is 4.99 Å². The van der Waals surface area contributed by atoms with Crippen LogP contribution in [0.4, 0.5) is 13.2 Å². The maximum absolute atomic E-state index is 14.1. The summed E-state index contributed by atoms with van der Waals surface area (Å²) in [5.74, 6) is 0.126. The molecule has 7 rings (SSSR count). The number of piperidine rings is 1. The number of benzene rings is 1. The Morgan fingerprint density at radius 3 is 2.53 bits per heavy atom. The molecule has 246 valence electrons. The zero-order valence-corrected chi connectivity index (χ0v) is 26.8. The van der Waals surface area contributed by atoms with Crippen LogP contribution in [0.2, 0.25) is 5.02 Å². The van der Waals surface area contributed by atoms with Gasteiger partial charge < -0.3 is 10.0 Å². The van der Waals surface area contributed by atoms with Crippen LogP contribution in [0.5, 0.6) is 0 Å². The van der Waals surface area contributed by atoms with Crippen LogP contribution in [0.3, 0.4) is 0 Å². The Kier molecular flexibility index (Phi) is 8.38. The van der Waals surface area contributed by atoms with Crippen LogP contribution in [0.15, 0.2) is 71.2 Å². The highest BCUT2D eigenvalue weighted by Crippen LogP contribution is 2.46. The molecule has 2 atom stereocenters. The molecule has 1 aromatic carbocycles. The van der Waals surface area contributed by atoms with E-state index in [0.29, 0.717) is 32.4 Å². The van der Waals surface area contributed by atoms with Crippen molar-refractivity contribution in [2.45, 2.75) is 43.5 Å². The van der Waals surface area contributed by atoms with Crippen LogP contribution in [0.1, 0.15) is 53.9 Å². The maximum Gasteiger partial charge on any atom is 0.333 e. The van der Waals surface area contributed by atoms with Gasteiger partial charge in [0.25, 0.3) is 10.2 Å². The minimum Gasteiger partial charge on any atom is -0.382 e. The fourth-order valence-corrected chi connectivity index (χ4v) is 8.48. The summed E-state index contributed by atoms with van der Waals surface area (Å²) < 4.78 is 73.3. The van der Waals surface area contributed by atoms with Crippen LogP contribution < -0.4 is 4.72 Å². The molecule has 0 unspecified atom stereocenters. The molecule has 0 saturated carbocycles. The first-order chi connectivity index (χ1) is 22.5. The average Bonchev–Trinajstić information content (AvgIpc) is 3.83. The summed E-state index contributed by atoms with van der Waals surface area (Å²) in [7, 11) is -4.03. The molecule has 0 amide bonds. The zero-order chi connectivity index (χ0) is 32.9. The number of hydrogen-bond acceptors (Lipinski definition) is 10. The van der Waals surface area contributed by atoms with Gasteiger partial charge in [-0.2, -0.15) is 31.3 Å². The van der Waals surface area contributed by atoms with E-state index in [1.165, 1.54) is 46.2 Å². The number of aliphatic hydroxyl groups is 1. The van der Waals surface area contributed by atoms with Crippen molar-refractivity contribution in [3.05, 3.63) is 99.1 Å². The third-order valence-corrected chi connectivity index (χ3v) is 11.2. The Morgan fingerprint density at radius 1 is 1.11 bits per heavy atom. The van der Waals surface area contributed by atoms with Gasteiger partial charge in [-0.15, -0.1) is 11.3 Å². The van der Waals surface area contributed by atoms with E-state index in [-0.39, 0.29) is 55.4 Å². The second-order valence-corrected chi connectivity index (χ2v) is 14.3. The van der Waals surface area contributed by atoms with E-state index in [1.807, 2.05) is 4.90 Å². The fraction of sp³-hybridized carbons (Fsp3) is 0.345. The first kappa shape index (κ1) is 31.8. The number of halogens is 4. The molecule has 2 N–H and O–H groups in total. The Balaban J connectivity index is 1.23. The second-order valence-electron chi connectivity index (χ2n) is 11.3. The van der Waals surface area contributed by atoms with Crippen LogP contribution in [-0.4, -0.2) is 79.0 Å². The predicted molar refractivity (Wildman–Crippen MR) is 167 cm³/mol. The van der Waals surface area contributed by atoms with Gasteiger partial charge in [-0.05, 0) is 37.1 Å². The lowest BCUT2D eigenvalue weighted by molar-refractivity contribution is -0.0177. The molecule has 3 aromatic heterocycles. The molecule has 3 aliphatic heterocycles. The summed E-state index contributed by atoms with van der Waals surface area (Å²) in [6.45, 7) is -2.66. The molecule has 18 heteroatoms. The van der Waals surface area contributed by atoms with Crippen LogP contribution in [-0.2, 0) is 15.8 Å². The van der Waals surface area contributed by atoms with Crippen LogP contribution >= 0.6 is 22.9 Å². The van der Waals surface area contributed by atoms with E-state index < -0.39 is 40.3 Å². The van der Waals surface area contributed by atoms with Crippen LogP contribution in [0, 0.1) is 5.82 Å². The number of nitrogens with one attached hydrogen (secondary N) is 1. The van der Waals surface area contributed by atoms with Gasteiger partial charge in [0.15, 0.2) is 16.7 Å². The van der Waals surface area contributed by atoms with E-state index in [2.05, 4.69) is 24.8 Å². The molecule has 0 radical (unpaired) electrons. The number of thiazole rings is 1. The van der Waals surface area contributed by atoms with Crippen molar-refractivity contribution in [3.63, 3.8) is 0 Å². The van der Waals surface area contributed by atoms with Gasteiger partial charge in [0, 0.05) is 84.1 Å². The molecule has 12 nitrogen and oxygen atoms in total. The van der Waals surface area contributed by atoms with E-state index in [1.54, 1.807) is 17.6 Å². The fourth-order valence-electron chi connectivity index (χ4n) is 6.18. The van der Waals surface area contributed by atoms with Crippen molar-refractivity contribution in [1.29, 1.82) is 0 Å². The Labute approximate surface area is 276 Å². The Hall–Kier alpha value is -3.74. The molecule has 2 saturated heterocycles. The lowest BCUT2D eigenvalue weighted by atomic mass is 9.91. The molecule has 47 heavy (non-hydrogen) atoms. The van der Waals surface area contributed by atoms with Gasteiger partial charge in [-0.25, -0.2) is 24.0 Å².